The fraction of sp³-hybridized carbons (Fsp3) is 0.462. The van der Waals surface area contributed by atoms with Gasteiger partial charge in [-0.2, -0.15) is 0 Å². The second-order valence-corrected chi connectivity index (χ2v) is 4.11. The summed E-state index contributed by atoms with van der Waals surface area (Å²) in [7, 11) is 1.62. The number of para-hydroxylation sites is 1. The summed E-state index contributed by atoms with van der Waals surface area (Å²) in [6, 6.07) is 7.56. The smallest absolute Gasteiger partial charge is 0.224 e. The van der Waals surface area contributed by atoms with Crippen LogP contribution in [0.25, 0.3) is 0 Å². The Morgan fingerprint density at radius 1 is 1.41 bits per heavy atom. The van der Waals surface area contributed by atoms with E-state index in [1.54, 1.807) is 7.11 Å². The lowest BCUT2D eigenvalue weighted by Crippen LogP contribution is -2.35. The minimum absolute atomic E-state index is 0.0362. The molecule has 0 aliphatic carbocycles. The Labute approximate surface area is 102 Å². The first-order valence-corrected chi connectivity index (χ1v) is 5.73. The van der Waals surface area contributed by atoms with Crippen molar-refractivity contribution >= 4 is 5.91 Å². The highest BCUT2D eigenvalue weighted by molar-refractivity contribution is 5.79. The monoisotopic (exact) mass is 236 g/mol. The van der Waals surface area contributed by atoms with Crippen molar-refractivity contribution in [1.29, 1.82) is 0 Å². The molecule has 0 saturated carbocycles. The van der Waals surface area contributed by atoms with Gasteiger partial charge < -0.3 is 15.8 Å². The van der Waals surface area contributed by atoms with E-state index in [0.717, 1.165) is 11.3 Å². The molecule has 1 aromatic rings. The van der Waals surface area contributed by atoms with E-state index in [4.69, 9.17) is 10.5 Å². The number of benzene rings is 1. The Bertz CT molecular complexity index is 379. The Balaban J connectivity index is 2.76. The fourth-order valence-electron chi connectivity index (χ4n) is 1.56. The van der Waals surface area contributed by atoms with Gasteiger partial charge in [-0.1, -0.05) is 25.1 Å². The molecule has 0 aliphatic rings. The molecular weight excluding hydrogens is 216 g/mol. The highest BCUT2D eigenvalue weighted by Crippen LogP contribution is 2.24. The molecule has 1 rings (SSSR count). The number of hydrogen-bond donors (Lipinski definition) is 2. The van der Waals surface area contributed by atoms with E-state index in [-0.39, 0.29) is 17.9 Å². The minimum atomic E-state index is -0.174. The van der Waals surface area contributed by atoms with E-state index in [1.165, 1.54) is 0 Å². The summed E-state index contributed by atoms with van der Waals surface area (Å²) in [5, 5.41) is 2.92. The van der Waals surface area contributed by atoms with Crippen LogP contribution in [0.4, 0.5) is 0 Å². The van der Waals surface area contributed by atoms with Crippen LogP contribution in [0, 0.1) is 5.92 Å². The van der Waals surface area contributed by atoms with Crippen molar-refractivity contribution in [2.45, 2.75) is 19.9 Å². The average molecular weight is 236 g/mol. The Morgan fingerprint density at radius 2 is 2.06 bits per heavy atom. The average Bonchev–Trinajstić information content (AvgIpc) is 2.37. The maximum absolute atomic E-state index is 11.7. The SMILES string of the molecule is COc1ccccc1[C@@H](C)NC(=O)C(C)CN. The summed E-state index contributed by atoms with van der Waals surface area (Å²) in [4.78, 5) is 11.7. The first-order chi connectivity index (χ1) is 8.10. The summed E-state index contributed by atoms with van der Waals surface area (Å²) < 4.78 is 5.26. The van der Waals surface area contributed by atoms with Crippen LogP contribution in [0.3, 0.4) is 0 Å². The van der Waals surface area contributed by atoms with Gasteiger partial charge in [0.15, 0.2) is 0 Å². The lowest BCUT2D eigenvalue weighted by molar-refractivity contribution is -0.124. The van der Waals surface area contributed by atoms with Crippen molar-refractivity contribution in [2.24, 2.45) is 11.7 Å². The predicted molar refractivity (Wildman–Crippen MR) is 67.8 cm³/mol. The van der Waals surface area contributed by atoms with Crippen LogP contribution in [0.2, 0.25) is 0 Å². The van der Waals surface area contributed by atoms with Crippen molar-refractivity contribution < 1.29 is 9.53 Å². The molecule has 3 N–H and O–H groups in total. The van der Waals surface area contributed by atoms with E-state index in [1.807, 2.05) is 38.1 Å². The van der Waals surface area contributed by atoms with Gasteiger partial charge in [0.1, 0.15) is 5.75 Å². The molecule has 0 fully saturated rings. The third-order valence-electron chi connectivity index (χ3n) is 2.77. The molecule has 0 heterocycles. The third-order valence-corrected chi connectivity index (χ3v) is 2.77. The van der Waals surface area contributed by atoms with E-state index in [2.05, 4.69) is 5.32 Å². The Kier molecular flexibility index (Phi) is 4.97. The number of amides is 1. The van der Waals surface area contributed by atoms with Crippen molar-refractivity contribution in [3.05, 3.63) is 29.8 Å². The number of hydrogen-bond acceptors (Lipinski definition) is 3. The summed E-state index contributed by atoms with van der Waals surface area (Å²) in [5.41, 5.74) is 6.42. The van der Waals surface area contributed by atoms with Gasteiger partial charge >= 0.3 is 0 Å². The largest absolute Gasteiger partial charge is 0.496 e. The van der Waals surface area contributed by atoms with Crippen molar-refractivity contribution in [1.82, 2.24) is 5.32 Å². The van der Waals surface area contributed by atoms with Crippen molar-refractivity contribution in [3.63, 3.8) is 0 Å². The van der Waals surface area contributed by atoms with Crippen LogP contribution in [-0.4, -0.2) is 19.6 Å². The number of nitrogens with two attached hydrogens (primary N) is 1. The van der Waals surface area contributed by atoms with Gasteiger partial charge in [-0.05, 0) is 13.0 Å². The maximum atomic E-state index is 11.7. The molecule has 0 bridgehead atoms. The van der Waals surface area contributed by atoms with Gasteiger partial charge in [0.05, 0.1) is 13.2 Å². The molecule has 1 aromatic carbocycles. The molecule has 0 spiro atoms. The standard InChI is InChI=1S/C13H20N2O2/c1-9(8-14)13(16)15-10(2)11-6-4-5-7-12(11)17-3/h4-7,9-10H,8,14H2,1-3H3,(H,15,16)/t9?,10-/m1/s1. The molecule has 4 heteroatoms. The zero-order valence-corrected chi connectivity index (χ0v) is 10.6. The quantitative estimate of drug-likeness (QED) is 0.813. The second-order valence-electron chi connectivity index (χ2n) is 4.11. The second kappa shape index (κ2) is 6.25. The summed E-state index contributed by atoms with van der Waals surface area (Å²) in [6.07, 6.45) is 0. The van der Waals surface area contributed by atoms with Gasteiger partial charge in [-0.15, -0.1) is 0 Å². The van der Waals surface area contributed by atoms with Crippen molar-refractivity contribution in [3.8, 4) is 5.75 Å². The van der Waals surface area contributed by atoms with Crippen LogP contribution in [0.15, 0.2) is 24.3 Å². The van der Waals surface area contributed by atoms with Crippen LogP contribution in [-0.2, 0) is 4.79 Å². The third kappa shape index (κ3) is 3.46. The molecule has 2 atom stereocenters. The molecule has 17 heavy (non-hydrogen) atoms. The molecular formula is C13H20N2O2. The Hall–Kier alpha value is -1.55. The topological polar surface area (TPSA) is 64.3 Å². The lowest BCUT2D eigenvalue weighted by Gasteiger charge is -2.19. The van der Waals surface area contributed by atoms with E-state index in [0.29, 0.717) is 6.54 Å². The van der Waals surface area contributed by atoms with Gasteiger partial charge in [-0.3, -0.25) is 4.79 Å². The summed E-state index contributed by atoms with van der Waals surface area (Å²) in [6.45, 7) is 4.09. The van der Waals surface area contributed by atoms with Gasteiger partial charge in [-0.25, -0.2) is 0 Å². The predicted octanol–water partition coefficient (Wildman–Crippen LogP) is 1.47. The number of methoxy groups -OCH3 is 1. The summed E-state index contributed by atoms with van der Waals surface area (Å²) >= 11 is 0. The first kappa shape index (κ1) is 13.5. The zero-order valence-electron chi connectivity index (χ0n) is 10.6. The normalized spacial score (nSPS) is 13.9. The molecule has 4 nitrogen and oxygen atoms in total. The minimum Gasteiger partial charge on any atom is -0.496 e. The molecule has 0 radical (unpaired) electrons. The molecule has 1 unspecified atom stereocenters. The van der Waals surface area contributed by atoms with E-state index < -0.39 is 0 Å². The number of rotatable bonds is 5. The van der Waals surface area contributed by atoms with E-state index >= 15 is 0 Å². The fourth-order valence-corrected chi connectivity index (χ4v) is 1.56. The van der Waals surface area contributed by atoms with Crippen molar-refractivity contribution in [2.75, 3.05) is 13.7 Å². The molecule has 94 valence electrons. The lowest BCUT2D eigenvalue weighted by atomic mass is 10.1. The zero-order chi connectivity index (χ0) is 12.8. The number of ether oxygens (including phenoxy) is 1. The van der Waals surface area contributed by atoms with Gasteiger partial charge in [0.25, 0.3) is 0 Å². The summed E-state index contributed by atoms with van der Waals surface area (Å²) in [5.74, 6) is 0.568. The molecule has 0 aromatic heterocycles. The first-order valence-electron chi connectivity index (χ1n) is 5.73. The van der Waals surface area contributed by atoms with Crippen LogP contribution in [0.5, 0.6) is 5.75 Å². The van der Waals surface area contributed by atoms with Gasteiger partial charge in [0, 0.05) is 18.0 Å². The molecule has 1 amide bonds. The van der Waals surface area contributed by atoms with Crippen LogP contribution in [0.1, 0.15) is 25.5 Å². The highest BCUT2D eigenvalue weighted by Gasteiger charge is 2.16. The highest BCUT2D eigenvalue weighted by atomic mass is 16.5. The number of carbonyl (C=O) groups is 1. The number of nitrogens with one attached hydrogen (secondary N) is 1. The molecule has 0 saturated heterocycles. The van der Waals surface area contributed by atoms with Gasteiger partial charge in [0.2, 0.25) is 5.91 Å². The molecule has 0 aliphatic heterocycles. The van der Waals surface area contributed by atoms with Crippen LogP contribution < -0.4 is 15.8 Å². The van der Waals surface area contributed by atoms with E-state index in [9.17, 15) is 4.79 Å². The van der Waals surface area contributed by atoms with Crippen LogP contribution >= 0.6 is 0 Å². The maximum Gasteiger partial charge on any atom is 0.224 e. The Morgan fingerprint density at radius 3 is 2.65 bits per heavy atom. The number of carbonyl (C=O) groups excluding carboxylic acids is 1.